The minimum atomic E-state index is 0.0928. The number of aromatic amines is 1. The Morgan fingerprint density at radius 2 is 1.94 bits per heavy atom. The highest BCUT2D eigenvalue weighted by Gasteiger charge is 2.29. The molecule has 2 unspecified atom stereocenters. The highest BCUT2D eigenvalue weighted by Crippen LogP contribution is 2.32. The Morgan fingerprint density at radius 3 is 2.73 bits per heavy atom. The lowest BCUT2D eigenvalue weighted by Gasteiger charge is -2.28. The third kappa shape index (κ3) is 4.35. The summed E-state index contributed by atoms with van der Waals surface area (Å²) in [6, 6.07) is 13.0. The van der Waals surface area contributed by atoms with E-state index in [1.807, 2.05) is 4.68 Å². The van der Waals surface area contributed by atoms with Gasteiger partial charge in [-0.05, 0) is 92.1 Å². The number of nitrogens with zero attached hydrogens (tertiary/aromatic N) is 4. The van der Waals surface area contributed by atoms with Gasteiger partial charge in [0.05, 0.1) is 11.7 Å². The van der Waals surface area contributed by atoms with Crippen LogP contribution in [0, 0.1) is 26.7 Å². The zero-order valence-electron chi connectivity index (χ0n) is 19.7. The zero-order valence-corrected chi connectivity index (χ0v) is 19.7. The van der Waals surface area contributed by atoms with Crippen LogP contribution in [0.15, 0.2) is 54.7 Å². The highest BCUT2D eigenvalue weighted by atomic mass is 15.5. The second-order valence-corrected chi connectivity index (χ2v) is 9.28. The third-order valence-electron chi connectivity index (χ3n) is 6.83. The second-order valence-electron chi connectivity index (χ2n) is 9.28. The van der Waals surface area contributed by atoms with Crippen molar-refractivity contribution in [3.05, 3.63) is 82.8 Å². The van der Waals surface area contributed by atoms with Gasteiger partial charge in [-0.15, -0.1) is 5.10 Å². The molecule has 6 nitrogen and oxygen atoms in total. The fourth-order valence-corrected chi connectivity index (χ4v) is 5.34. The molecule has 2 atom stereocenters. The molecule has 0 amide bonds. The van der Waals surface area contributed by atoms with Crippen molar-refractivity contribution in [2.24, 2.45) is 5.92 Å². The van der Waals surface area contributed by atoms with Crippen LogP contribution in [0.3, 0.4) is 0 Å². The Kier molecular flexibility index (Phi) is 6.09. The molecule has 0 bridgehead atoms. The molecule has 33 heavy (non-hydrogen) atoms. The number of H-pyrrole nitrogens is 1. The second kappa shape index (κ2) is 9.32. The molecule has 0 spiro atoms. The summed E-state index contributed by atoms with van der Waals surface area (Å²) in [7, 11) is 0. The van der Waals surface area contributed by atoms with E-state index < -0.39 is 0 Å². The van der Waals surface area contributed by atoms with Gasteiger partial charge in [-0.25, -0.2) is 0 Å². The summed E-state index contributed by atoms with van der Waals surface area (Å²) in [5, 5.41) is 18.3. The van der Waals surface area contributed by atoms with Crippen LogP contribution in [0.5, 0.6) is 0 Å². The SMILES string of the molecule is Cc1cc(C)c(-n2nnnc2C(NCCc2c[nH]c3ccccc23)C2CC=CCC2)c(C)c1. The molecule has 0 aliphatic heterocycles. The molecule has 5 rings (SSSR count). The van der Waals surface area contributed by atoms with E-state index in [1.165, 1.54) is 33.2 Å². The number of allylic oxidation sites excluding steroid dienone is 2. The first-order valence-electron chi connectivity index (χ1n) is 11.9. The van der Waals surface area contributed by atoms with Crippen molar-refractivity contribution in [2.75, 3.05) is 6.54 Å². The minimum Gasteiger partial charge on any atom is -0.361 e. The fraction of sp³-hybridized carbons (Fsp3) is 0.370. The van der Waals surface area contributed by atoms with Crippen molar-refractivity contribution < 1.29 is 0 Å². The first-order valence-corrected chi connectivity index (χ1v) is 11.9. The molecule has 0 fully saturated rings. The number of aryl methyl sites for hydroxylation is 3. The molecular formula is C27H32N6. The Balaban J connectivity index is 1.43. The number of fused-ring (bicyclic) bond motifs is 1. The van der Waals surface area contributed by atoms with Gasteiger partial charge < -0.3 is 10.3 Å². The van der Waals surface area contributed by atoms with Gasteiger partial charge in [0.15, 0.2) is 5.82 Å². The zero-order chi connectivity index (χ0) is 22.8. The van der Waals surface area contributed by atoms with E-state index >= 15 is 0 Å². The quantitative estimate of drug-likeness (QED) is 0.383. The highest BCUT2D eigenvalue weighted by molar-refractivity contribution is 5.83. The number of benzene rings is 2. The number of hydrogen-bond donors (Lipinski definition) is 2. The van der Waals surface area contributed by atoms with Crippen LogP contribution < -0.4 is 5.32 Å². The van der Waals surface area contributed by atoms with Gasteiger partial charge >= 0.3 is 0 Å². The number of hydrogen-bond acceptors (Lipinski definition) is 4. The Morgan fingerprint density at radius 1 is 1.12 bits per heavy atom. The molecular weight excluding hydrogens is 408 g/mol. The Bertz CT molecular complexity index is 1260. The van der Waals surface area contributed by atoms with Gasteiger partial charge in [-0.1, -0.05) is 48.0 Å². The van der Waals surface area contributed by atoms with Gasteiger partial charge in [0.1, 0.15) is 0 Å². The molecule has 6 heteroatoms. The van der Waals surface area contributed by atoms with Gasteiger partial charge in [0, 0.05) is 17.1 Å². The van der Waals surface area contributed by atoms with E-state index in [0.29, 0.717) is 5.92 Å². The maximum atomic E-state index is 4.55. The van der Waals surface area contributed by atoms with Gasteiger partial charge in [0.25, 0.3) is 0 Å². The fourth-order valence-electron chi connectivity index (χ4n) is 5.34. The van der Waals surface area contributed by atoms with E-state index in [-0.39, 0.29) is 6.04 Å². The number of tetrazole rings is 1. The van der Waals surface area contributed by atoms with E-state index in [1.54, 1.807) is 0 Å². The minimum absolute atomic E-state index is 0.0928. The van der Waals surface area contributed by atoms with E-state index in [9.17, 15) is 0 Å². The predicted octanol–water partition coefficient (Wildman–Crippen LogP) is 5.30. The summed E-state index contributed by atoms with van der Waals surface area (Å²) in [4.78, 5) is 3.39. The first-order chi connectivity index (χ1) is 16.1. The summed E-state index contributed by atoms with van der Waals surface area (Å²) in [6.07, 6.45) is 11.0. The summed E-state index contributed by atoms with van der Waals surface area (Å²) < 4.78 is 1.96. The summed E-state index contributed by atoms with van der Waals surface area (Å²) >= 11 is 0. The molecule has 1 aliphatic carbocycles. The van der Waals surface area contributed by atoms with Crippen LogP contribution >= 0.6 is 0 Å². The first kappa shape index (κ1) is 21.6. The van der Waals surface area contributed by atoms with Crippen LogP contribution in [0.1, 0.15) is 53.4 Å². The molecule has 0 saturated heterocycles. The number of nitrogens with one attached hydrogen (secondary N) is 2. The largest absolute Gasteiger partial charge is 0.361 e. The van der Waals surface area contributed by atoms with E-state index in [2.05, 4.69) is 101 Å². The normalized spacial score (nSPS) is 17.0. The standard InChI is InChI=1S/C27H32N6/c1-18-15-19(2)26(20(3)16-18)33-27(30-31-32-33)25(21-9-5-4-6-10-21)28-14-13-22-17-29-24-12-8-7-11-23(22)24/h4-5,7-8,11-12,15-17,21,25,28-29H,6,9-10,13-14H2,1-3H3. The molecule has 1 aliphatic rings. The third-order valence-corrected chi connectivity index (χ3v) is 6.83. The van der Waals surface area contributed by atoms with Crippen molar-refractivity contribution in [2.45, 2.75) is 52.5 Å². The van der Waals surface area contributed by atoms with Crippen molar-refractivity contribution in [3.8, 4) is 5.69 Å². The molecule has 0 saturated carbocycles. The topological polar surface area (TPSA) is 71.4 Å². The monoisotopic (exact) mass is 440 g/mol. The molecule has 170 valence electrons. The number of aromatic nitrogens is 5. The van der Waals surface area contributed by atoms with E-state index in [0.717, 1.165) is 43.7 Å². The van der Waals surface area contributed by atoms with Gasteiger partial charge in [-0.2, -0.15) is 4.68 Å². The molecule has 2 aromatic heterocycles. The van der Waals surface area contributed by atoms with Crippen molar-refractivity contribution >= 4 is 10.9 Å². The Hall–Kier alpha value is -3.25. The lowest BCUT2D eigenvalue weighted by molar-refractivity contribution is 0.321. The van der Waals surface area contributed by atoms with Crippen LogP contribution in [-0.4, -0.2) is 31.7 Å². The van der Waals surface area contributed by atoms with Crippen molar-refractivity contribution in [3.63, 3.8) is 0 Å². The Labute approximate surface area is 195 Å². The smallest absolute Gasteiger partial charge is 0.173 e. The number of para-hydroxylation sites is 1. The molecule has 2 aromatic carbocycles. The molecule has 4 aromatic rings. The van der Waals surface area contributed by atoms with Gasteiger partial charge in [-0.3, -0.25) is 0 Å². The van der Waals surface area contributed by atoms with Crippen molar-refractivity contribution in [1.29, 1.82) is 0 Å². The van der Waals surface area contributed by atoms with Crippen LogP contribution in [-0.2, 0) is 6.42 Å². The predicted molar refractivity (Wildman–Crippen MR) is 133 cm³/mol. The molecule has 2 heterocycles. The average molecular weight is 441 g/mol. The number of rotatable bonds is 7. The average Bonchev–Trinajstić information content (AvgIpc) is 3.44. The van der Waals surface area contributed by atoms with Crippen LogP contribution in [0.25, 0.3) is 16.6 Å². The van der Waals surface area contributed by atoms with E-state index in [4.69, 9.17) is 0 Å². The summed E-state index contributed by atoms with van der Waals surface area (Å²) in [5.41, 5.74) is 7.27. The lowest BCUT2D eigenvalue weighted by Crippen LogP contribution is -2.33. The molecule has 2 N–H and O–H groups in total. The molecule has 0 radical (unpaired) electrons. The van der Waals surface area contributed by atoms with Crippen LogP contribution in [0.2, 0.25) is 0 Å². The lowest BCUT2D eigenvalue weighted by atomic mass is 9.87. The van der Waals surface area contributed by atoms with Crippen LogP contribution in [0.4, 0.5) is 0 Å². The van der Waals surface area contributed by atoms with Crippen molar-refractivity contribution in [1.82, 2.24) is 30.5 Å². The summed E-state index contributed by atoms with van der Waals surface area (Å²) in [5.74, 6) is 1.37. The maximum Gasteiger partial charge on any atom is 0.173 e. The summed E-state index contributed by atoms with van der Waals surface area (Å²) in [6.45, 7) is 7.28. The van der Waals surface area contributed by atoms with Gasteiger partial charge in [0.2, 0.25) is 0 Å². The maximum absolute atomic E-state index is 4.55.